The molecule has 0 aliphatic carbocycles. The molecular weight excluding hydrogens is 318 g/mol. The maximum Gasteiger partial charge on any atom is 0.407 e. The van der Waals surface area contributed by atoms with Crippen LogP contribution in [0.2, 0.25) is 0 Å². The Bertz CT molecular complexity index is 584. The van der Waals surface area contributed by atoms with Gasteiger partial charge in [-0.05, 0) is 29.7 Å². The first-order valence-corrected chi connectivity index (χ1v) is 7.14. The van der Waals surface area contributed by atoms with Crippen molar-refractivity contribution in [1.29, 1.82) is 0 Å². The summed E-state index contributed by atoms with van der Waals surface area (Å²) in [5.74, 6) is 0. The molecule has 1 amide bonds. The second kappa shape index (κ2) is 7.10. The third-order valence-electron chi connectivity index (χ3n) is 2.89. The lowest BCUT2D eigenvalue weighted by atomic mass is 10.1. The van der Waals surface area contributed by atoms with E-state index >= 15 is 0 Å². The van der Waals surface area contributed by atoms with Gasteiger partial charge in [0.25, 0.3) is 0 Å². The Balaban J connectivity index is 1.79. The summed E-state index contributed by atoms with van der Waals surface area (Å²) >= 11 is 3.47. The van der Waals surface area contributed by atoms with Gasteiger partial charge in [0.05, 0.1) is 0 Å². The van der Waals surface area contributed by atoms with Crippen LogP contribution >= 0.6 is 15.9 Å². The van der Waals surface area contributed by atoms with Gasteiger partial charge < -0.3 is 10.1 Å². The van der Waals surface area contributed by atoms with Crippen LogP contribution in [-0.2, 0) is 17.9 Å². The lowest BCUT2D eigenvalue weighted by molar-refractivity contribution is 0.139. The number of hydrogen-bond donors (Lipinski definition) is 1. The van der Waals surface area contributed by atoms with Crippen LogP contribution in [0.25, 0.3) is 0 Å². The second-order valence-electron chi connectivity index (χ2n) is 4.50. The van der Waals surface area contributed by atoms with Gasteiger partial charge in [0.15, 0.2) is 0 Å². The van der Waals surface area contributed by atoms with Gasteiger partial charge in [0, 0.05) is 11.0 Å². The van der Waals surface area contributed by atoms with Crippen molar-refractivity contribution in [2.75, 3.05) is 0 Å². The number of hydrogen-bond acceptors (Lipinski definition) is 2. The van der Waals surface area contributed by atoms with Gasteiger partial charge in [-0.2, -0.15) is 0 Å². The minimum atomic E-state index is -0.412. The van der Waals surface area contributed by atoms with Crippen LogP contribution in [0, 0.1) is 6.92 Å². The van der Waals surface area contributed by atoms with Crippen molar-refractivity contribution in [2.45, 2.75) is 20.1 Å². The molecule has 4 heteroatoms. The standard InChI is InChI=1S/C16H16BrNO2/c1-12-7-8-14(9-15(12)17)10-18-16(19)20-11-13-5-3-2-4-6-13/h2-9H,10-11H2,1H3,(H,18,19). The number of carbonyl (C=O) groups is 1. The molecular formula is C16H16BrNO2. The molecule has 0 radical (unpaired) electrons. The molecule has 2 aromatic carbocycles. The molecule has 2 rings (SSSR count). The molecule has 0 spiro atoms. The molecule has 0 aliphatic heterocycles. The van der Waals surface area contributed by atoms with E-state index in [1.165, 1.54) is 5.56 Å². The Morgan fingerprint density at radius 1 is 1.15 bits per heavy atom. The normalized spacial score (nSPS) is 10.1. The lowest BCUT2D eigenvalue weighted by Gasteiger charge is -2.08. The number of ether oxygens (including phenoxy) is 1. The van der Waals surface area contributed by atoms with Gasteiger partial charge in [0.2, 0.25) is 0 Å². The molecule has 0 aliphatic rings. The minimum absolute atomic E-state index is 0.282. The fourth-order valence-electron chi connectivity index (χ4n) is 1.69. The molecule has 0 bridgehead atoms. The molecule has 0 saturated heterocycles. The Labute approximate surface area is 127 Å². The highest BCUT2D eigenvalue weighted by atomic mass is 79.9. The zero-order chi connectivity index (χ0) is 14.4. The average Bonchev–Trinajstić information content (AvgIpc) is 2.47. The van der Waals surface area contributed by atoms with E-state index in [2.05, 4.69) is 21.2 Å². The molecule has 2 aromatic rings. The zero-order valence-electron chi connectivity index (χ0n) is 11.2. The minimum Gasteiger partial charge on any atom is -0.445 e. The van der Waals surface area contributed by atoms with E-state index in [4.69, 9.17) is 4.74 Å². The van der Waals surface area contributed by atoms with E-state index in [0.717, 1.165) is 15.6 Å². The van der Waals surface area contributed by atoms with E-state index in [1.807, 2.05) is 55.5 Å². The number of amides is 1. The first-order chi connectivity index (χ1) is 9.65. The molecule has 0 unspecified atom stereocenters. The summed E-state index contributed by atoms with van der Waals surface area (Å²) in [7, 11) is 0. The predicted octanol–water partition coefficient (Wildman–Crippen LogP) is 4.18. The SMILES string of the molecule is Cc1ccc(CNC(=O)OCc2ccccc2)cc1Br. The molecule has 0 aromatic heterocycles. The van der Waals surface area contributed by atoms with E-state index in [-0.39, 0.29) is 6.61 Å². The van der Waals surface area contributed by atoms with Crippen LogP contribution in [0.1, 0.15) is 16.7 Å². The van der Waals surface area contributed by atoms with Gasteiger partial charge in [0.1, 0.15) is 6.61 Å². The number of carbonyl (C=O) groups excluding carboxylic acids is 1. The zero-order valence-corrected chi connectivity index (χ0v) is 12.8. The van der Waals surface area contributed by atoms with Crippen LogP contribution < -0.4 is 5.32 Å². The smallest absolute Gasteiger partial charge is 0.407 e. The maximum atomic E-state index is 11.6. The molecule has 0 fully saturated rings. The monoisotopic (exact) mass is 333 g/mol. The van der Waals surface area contributed by atoms with E-state index in [0.29, 0.717) is 6.54 Å². The van der Waals surface area contributed by atoms with Crippen molar-refractivity contribution < 1.29 is 9.53 Å². The highest BCUT2D eigenvalue weighted by Gasteiger charge is 2.03. The van der Waals surface area contributed by atoms with E-state index in [1.54, 1.807) is 0 Å². The van der Waals surface area contributed by atoms with Crippen LogP contribution in [0.3, 0.4) is 0 Å². The van der Waals surface area contributed by atoms with Gasteiger partial charge in [-0.15, -0.1) is 0 Å². The van der Waals surface area contributed by atoms with E-state index in [9.17, 15) is 4.79 Å². The Hall–Kier alpha value is -1.81. The summed E-state index contributed by atoms with van der Waals surface area (Å²) in [6.07, 6.45) is -0.412. The number of aryl methyl sites for hydroxylation is 1. The number of halogens is 1. The number of alkyl carbamates (subject to hydrolysis) is 1. The largest absolute Gasteiger partial charge is 0.445 e. The van der Waals surface area contributed by atoms with Crippen LogP contribution in [0.5, 0.6) is 0 Å². The summed E-state index contributed by atoms with van der Waals surface area (Å²) in [5.41, 5.74) is 3.17. The summed E-state index contributed by atoms with van der Waals surface area (Å²) < 4.78 is 6.18. The number of benzene rings is 2. The third kappa shape index (κ3) is 4.38. The summed E-state index contributed by atoms with van der Waals surface area (Å²) in [6.45, 7) is 2.76. The van der Waals surface area contributed by atoms with Gasteiger partial charge >= 0.3 is 6.09 Å². The Morgan fingerprint density at radius 3 is 2.60 bits per heavy atom. The molecule has 0 heterocycles. The molecule has 1 N–H and O–H groups in total. The summed E-state index contributed by atoms with van der Waals surface area (Å²) in [4.78, 5) is 11.6. The van der Waals surface area contributed by atoms with Crippen molar-refractivity contribution >= 4 is 22.0 Å². The molecule has 3 nitrogen and oxygen atoms in total. The highest BCUT2D eigenvalue weighted by Crippen LogP contribution is 2.17. The topological polar surface area (TPSA) is 38.3 Å². The number of nitrogens with one attached hydrogen (secondary N) is 1. The third-order valence-corrected chi connectivity index (χ3v) is 3.74. The van der Waals surface area contributed by atoms with Crippen molar-refractivity contribution in [3.8, 4) is 0 Å². The quantitative estimate of drug-likeness (QED) is 0.911. The van der Waals surface area contributed by atoms with Gasteiger partial charge in [-0.1, -0.05) is 58.4 Å². The lowest BCUT2D eigenvalue weighted by Crippen LogP contribution is -2.23. The maximum absolute atomic E-state index is 11.6. The van der Waals surface area contributed by atoms with Crippen molar-refractivity contribution in [1.82, 2.24) is 5.32 Å². The second-order valence-corrected chi connectivity index (χ2v) is 5.35. The molecule has 20 heavy (non-hydrogen) atoms. The van der Waals surface area contributed by atoms with Crippen LogP contribution in [0.15, 0.2) is 53.0 Å². The first-order valence-electron chi connectivity index (χ1n) is 6.35. The van der Waals surface area contributed by atoms with Crippen molar-refractivity contribution in [2.24, 2.45) is 0 Å². The van der Waals surface area contributed by atoms with Gasteiger partial charge in [-0.3, -0.25) is 0 Å². The van der Waals surface area contributed by atoms with Crippen molar-refractivity contribution in [3.05, 3.63) is 69.7 Å². The van der Waals surface area contributed by atoms with Crippen LogP contribution in [-0.4, -0.2) is 6.09 Å². The average molecular weight is 334 g/mol. The highest BCUT2D eigenvalue weighted by molar-refractivity contribution is 9.10. The molecule has 104 valence electrons. The Morgan fingerprint density at radius 2 is 1.90 bits per heavy atom. The summed E-state index contributed by atoms with van der Waals surface area (Å²) in [6, 6.07) is 15.6. The first kappa shape index (κ1) is 14.6. The van der Waals surface area contributed by atoms with Crippen LogP contribution in [0.4, 0.5) is 4.79 Å². The predicted molar refractivity (Wildman–Crippen MR) is 82.3 cm³/mol. The van der Waals surface area contributed by atoms with Crippen molar-refractivity contribution in [3.63, 3.8) is 0 Å². The fraction of sp³-hybridized carbons (Fsp3) is 0.188. The molecule has 0 saturated carbocycles. The Kier molecular flexibility index (Phi) is 5.18. The van der Waals surface area contributed by atoms with E-state index < -0.39 is 6.09 Å². The summed E-state index contributed by atoms with van der Waals surface area (Å²) in [5, 5.41) is 2.73. The molecule has 0 atom stereocenters. The van der Waals surface area contributed by atoms with Gasteiger partial charge in [-0.25, -0.2) is 4.79 Å². The number of rotatable bonds is 4. The fourth-order valence-corrected chi connectivity index (χ4v) is 2.12.